The molecule has 0 unspecified atom stereocenters. The molecule has 7 nitrogen and oxygen atoms in total. The molecular weight excluding hydrogens is 540 g/mol. The van der Waals surface area contributed by atoms with Crippen molar-refractivity contribution in [1.29, 1.82) is 0 Å². The molecule has 1 aliphatic rings. The van der Waals surface area contributed by atoms with Gasteiger partial charge in [0.15, 0.2) is 0 Å². The first kappa shape index (κ1) is 31.4. The summed E-state index contributed by atoms with van der Waals surface area (Å²) < 4.78 is 71.2. The van der Waals surface area contributed by atoms with E-state index in [0.717, 1.165) is 43.6 Å². The second-order valence-electron chi connectivity index (χ2n) is 8.65. The van der Waals surface area contributed by atoms with Gasteiger partial charge in [-0.25, -0.2) is 9.78 Å². The molecule has 1 saturated heterocycles. The Morgan fingerprint density at radius 3 is 2.29 bits per heavy atom. The first-order valence-electron chi connectivity index (χ1n) is 12.0. The van der Waals surface area contributed by atoms with E-state index in [0.29, 0.717) is 0 Å². The quantitative estimate of drug-likeness (QED) is 0.350. The van der Waals surface area contributed by atoms with Gasteiger partial charge in [0, 0.05) is 30.5 Å². The van der Waals surface area contributed by atoms with Crippen molar-refractivity contribution >= 4 is 35.0 Å². The molecule has 38 heavy (non-hydrogen) atoms. The van der Waals surface area contributed by atoms with Crippen molar-refractivity contribution in [3.63, 3.8) is 0 Å². The van der Waals surface area contributed by atoms with Crippen LogP contribution >= 0.6 is 11.6 Å². The number of likely N-dealkylation sites (tertiary alicyclic amines) is 1. The molecule has 1 aliphatic heterocycles. The number of aromatic nitrogens is 2. The molecule has 0 bridgehead atoms. The van der Waals surface area contributed by atoms with Crippen LogP contribution in [0.1, 0.15) is 43.9 Å². The Balaban J connectivity index is 0.000000638. The van der Waals surface area contributed by atoms with Crippen molar-refractivity contribution in [2.24, 2.45) is 0 Å². The molecule has 1 aromatic heterocycles. The number of aliphatic carboxylic acids is 1. The number of alkyl halides is 6. The van der Waals surface area contributed by atoms with Crippen molar-refractivity contribution in [2.75, 3.05) is 42.9 Å². The van der Waals surface area contributed by atoms with Gasteiger partial charge < -0.3 is 20.2 Å². The molecule has 0 radical (unpaired) electrons. The normalized spacial score (nSPS) is 14.4. The highest BCUT2D eigenvalue weighted by Crippen LogP contribution is 2.36. The van der Waals surface area contributed by atoms with Gasteiger partial charge in [0.05, 0.1) is 10.6 Å². The topological polar surface area (TPSA) is 81.6 Å². The standard InChI is InChI=1S/C22H29ClF3N5.C2HF3O2/c1-3-31(13-7-12-30-10-5-4-6-11-30)20-14-16(2)27-21(29-20)28-17-8-9-19(23)18(15-17)22(24,25)26;3-2(4,5)1(6)7/h8-9,14-15H,3-7,10-13H2,1-2H3,(H,27,28,29);(H,6,7). The molecule has 0 amide bonds. The van der Waals surface area contributed by atoms with Crippen molar-refractivity contribution in [3.05, 3.63) is 40.5 Å². The zero-order valence-electron chi connectivity index (χ0n) is 21.0. The third-order valence-electron chi connectivity index (χ3n) is 5.67. The van der Waals surface area contributed by atoms with E-state index in [9.17, 15) is 26.3 Å². The highest BCUT2D eigenvalue weighted by atomic mass is 35.5. The molecule has 212 valence electrons. The Labute approximate surface area is 221 Å². The maximum Gasteiger partial charge on any atom is 0.490 e. The SMILES string of the molecule is CCN(CCCN1CCCCC1)c1cc(C)nc(Nc2ccc(Cl)c(C(F)(F)F)c2)n1.O=C(O)C(F)(F)F. The summed E-state index contributed by atoms with van der Waals surface area (Å²) in [5.41, 5.74) is 0.0911. The number of anilines is 3. The van der Waals surface area contributed by atoms with E-state index in [-0.39, 0.29) is 16.7 Å². The fourth-order valence-electron chi connectivity index (χ4n) is 3.82. The number of carbonyl (C=O) groups is 1. The second kappa shape index (κ2) is 13.8. The fourth-order valence-corrected chi connectivity index (χ4v) is 4.05. The maximum absolute atomic E-state index is 13.1. The number of hydrogen-bond acceptors (Lipinski definition) is 6. The summed E-state index contributed by atoms with van der Waals surface area (Å²) in [5, 5.41) is 9.68. The molecule has 0 atom stereocenters. The number of nitrogens with zero attached hydrogens (tertiary/aromatic N) is 4. The largest absolute Gasteiger partial charge is 0.490 e. The first-order valence-corrected chi connectivity index (χ1v) is 12.4. The lowest BCUT2D eigenvalue weighted by molar-refractivity contribution is -0.192. The number of hydrogen-bond donors (Lipinski definition) is 2. The minimum atomic E-state index is -5.08. The number of benzene rings is 1. The summed E-state index contributed by atoms with van der Waals surface area (Å²) in [7, 11) is 0. The van der Waals surface area contributed by atoms with E-state index in [2.05, 4.69) is 32.0 Å². The van der Waals surface area contributed by atoms with E-state index >= 15 is 0 Å². The van der Waals surface area contributed by atoms with Crippen molar-refractivity contribution < 1.29 is 36.2 Å². The Bertz CT molecular complexity index is 1060. The van der Waals surface area contributed by atoms with E-state index in [4.69, 9.17) is 21.5 Å². The van der Waals surface area contributed by atoms with Crippen LogP contribution < -0.4 is 10.2 Å². The highest BCUT2D eigenvalue weighted by molar-refractivity contribution is 6.31. The number of piperidine rings is 1. The van der Waals surface area contributed by atoms with Crippen LogP contribution in [0, 0.1) is 6.92 Å². The maximum atomic E-state index is 13.1. The van der Waals surface area contributed by atoms with Crippen LogP contribution in [0.3, 0.4) is 0 Å². The van der Waals surface area contributed by atoms with Gasteiger partial charge in [0.25, 0.3) is 0 Å². The summed E-state index contributed by atoms with van der Waals surface area (Å²) in [4.78, 5) is 22.5. The average Bonchev–Trinajstić information content (AvgIpc) is 2.82. The number of carboxylic acid groups (broad SMARTS) is 1. The minimum absolute atomic E-state index is 0.237. The van der Waals surface area contributed by atoms with Crippen LogP contribution in [0.25, 0.3) is 0 Å². The van der Waals surface area contributed by atoms with Crippen LogP contribution in [0.5, 0.6) is 0 Å². The summed E-state index contributed by atoms with van der Waals surface area (Å²) in [5.74, 6) is -1.73. The number of rotatable bonds is 8. The molecule has 2 heterocycles. The predicted molar refractivity (Wildman–Crippen MR) is 133 cm³/mol. The number of aryl methyl sites for hydroxylation is 1. The van der Waals surface area contributed by atoms with E-state index in [1.165, 1.54) is 44.5 Å². The van der Waals surface area contributed by atoms with E-state index in [1.54, 1.807) is 0 Å². The van der Waals surface area contributed by atoms with E-state index < -0.39 is 23.9 Å². The third kappa shape index (κ3) is 10.2. The second-order valence-corrected chi connectivity index (χ2v) is 9.05. The van der Waals surface area contributed by atoms with E-state index in [1.807, 2.05) is 13.0 Å². The molecule has 0 spiro atoms. The van der Waals surface area contributed by atoms with Gasteiger partial charge in [0.2, 0.25) is 5.95 Å². The molecule has 2 N–H and O–H groups in total. The lowest BCUT2D eigenvalue weighted by Crippen LogP contribution is -2.33. The van der Waals surface area contributed by atoms with Crippen molar-refractivity contribution in [2.45, 2.75) is 51.9 Å². The van der Waals surface area contributed by atoms with Gasteiger partial charge in [-0.3, -0.25) is 0 Å². The molecule has 3 rings (SSSR count). The van der Waals surface area contributed by atoms with Gasteiger partial charge >= 0.3 is 18.3 Å². The fraction of sp³-hybridized carbons (Fsp3) is 0.542. The summed E-state index contributed by atoms with van der Waals surface area (Å²) in [6, 6.07) is 5.59. The lowest BCUT2D eigenvalue weighted by Gasteiger charge is -2.28. The zero-order valence-corrected chi connectivity index (χ0v) is 21.7. The van der Waals surface area contributed by atoms with Crippen LogP contribution in [-0.4, -0.2) is 64.8 Å². The minimum Gasteiger partial charge on any atom is -0.475 e. The number of nitrogens with one attached hydrogen (secondary N) is 1. The molecule has 1 fully saturated rings. The summed E-state index contributed by atoms with van der Waals surface area (Å²) in [6.07, 6.45) is -4.70. The Morgan fingerprint density at radius 2 is 1.74 bits per heavy atom. The Kier molecular flexibility index (Phi) is 11.4. The Hall–Kier alpha value is -2.80. The van der Waals surface area contributed by atoms with Crippen LogP contribution in [0.4, 0.5) is 43.8 Å². The average molecular weight is 570 g/mol. The monoisotopic (exact) mass is 569 g/mol. The van der Waals surface area contributed by atoms with Gasteiger partial charge in [-0.15, -0.1) is 0 Å². The predicted octanol–water partition coefficient (Wildman–Crippen LogP) is 6.54. The number of halogens is 7. The van der Waals surface area contributed by atoms with Crippen molar-refractivity contribution in [3.8, 4) is 0 Å². The molecule has 0 saturated carbocycles. The molecule has 0 aliphatic carbocycles. The Morgan fingerprint density at radius 1 is 1.11 bits per heavy atom. The smallest absolute Gasteiger partial charge is 0.475 e. The first-order chi connectivity index (χ1) is 17.7. The lowest BCUT2D eigenvalue weighted by atomic mass is 10.1. The third-order valence-corrected chi connectivity index (χ3v) is 6.00. The zero-order chi connectivity index (χ0) is 28.5. The van der Waals surface area contributed by atoms with Gasteiger partial charge in [0.1, 0.15) is 5.82 Å². The van der Waals surface area contributed by atoms with Gasteiger partial charge in [-0.2, -0.15) is 31.3 Å². The summed E-state index contributed by atoms with van der Waals surface area (Å²) >= 11 is 5.71. The molecule has 14 heteroatoms. The molecular formula is C24H30ClF6N5O2. The van der Waals surface area contributed by atoms with Crippen LogP contribution in [0.2, 0.25) is 5.02 Å². The van der Waals surface area contributed by atoms with Crippen LogP contribution in [-0.2, 0) is 11.0 Å². The summed E-state index contributed by atoms with van der Waals surface area (Å²) in [6.45, 7) is 8.98. The van der Waals surface area contributed by atoms with Gasteiger partial charge in [-0.05, 0) is 70.9 Å². The molecule has 2 aromatic rings. The van der Waals surface area contributed by atoms with Crippen LogP contribution in [0.15, 0.2) is 24.3 Å². The highest BCUT2D eigenvalue weighted by Gasteiger charge is 2.38. The number of carboxylic acids is 1. The van der Waals surface area contributed by atoms with Gasteiger partial charge in [-0.1, -0.05) is 18.0 Å². The van der Waals surface area contributed by atoms with Crippen molar-refractivity contribution in [1.82, 2.24) is 14.9 Å². The molecule has 1 aromatic carbocycles.